The fraction of sp³-hybridized carbons (Fsp3) is 0.750. The van der Waals surface area contributed by atoms with E-state index in [1.165, 1.54) is 0 Å². The first-order chi connectivity index (χ1) is 4.74. The number of allylic oxidation sites excluding steroid dienone is 1. The van der Waals surface area contributed by atoms with Crippen LogP contribution >= 0.6 is 23.2 Å². The molecule has 0 bridgehead atoms. The number of alkyl halides is 2. The Balaban J connectivity index is 4.00. The van der Waals surface area contributed by atoms with Crippen LogP contribution in [0, 0.1) is 5.41 Å². The van der Waals surface area contributed by atoms with Gasteiger partial charge in [-0.3, -0.25) is 0 Å². The summed E-state index contributed by atoms with van der Waals surface area (Å²) in [5.74, 6) is 1.25. The first-order valence-corrected chi connectivity index (χ1v) is 4.54. The molecule has 0 amide bonds. The molecular formula is C8H14Cl2. The third-order valence-corrected chi connectivity index (χ3v) is 3.03. The number of rotatable bonds is 5. The van der Waals surface area contributed by atoms with Crippen LogP contribution in [0.25, 0.3) is 0 Å². The van der Waals surface area contributed by atoms with Crippen molar-refractivity contribution in [3.63, 3.8) is 0 Å². The van der Waals surface area contributed by atoms with Gasteiger partial charge in [-0.15, -0.1) is 29.8 Å². The molecule has 2 heteroatoms. The average molecular weight is 181 g/mol. The molecule has 0 aliphatic heterocycles. The lowest BCUT2D eigenvalue weighted by atomic mass is 9.86. The molecule has 0 fully saturated rings. The summed E-state index contributed by atoms with van der Waals surface area (Å²) in [6.07, 6.45) is 3.82. The minimum atomic E-state index is 0.0882. The Morgan fingerprint density at radius 1 is 1.40 bits per heavy atom. The molecule has 0 spiro atoms. The lowest BCUT2D eigenvalue weighted by molar-refractivity contribution is 0.370. The fourth-order valence-electron chi connectivity index (χ4n) is 0.784. The van der Waals surface area contributed by atoms with Crippen LogP contribution in [-0.4, -0.2) is 11.8 Å². The zero-order valence-corrected chi connectivity index (χ0v) is 7.88. The standard InChI is InChI=1S/C8H14Cl2/c1-3-5-8(4-2,6-9)7-10/h3H,1,4-7H2,2H3. The van der Waals surface area contributed by atoms with Crippen molar-refractivity contribution < 1.29 is 0 Å². The van der Waals surface area contributed by atoms with E-state index in [1.54, 1.807) is 0 Å². The first kappa shape index (κ1) is 10.3. The van der Waals surface area contributed by atoms with Gasteiger partial charge in [0.1, 0.15) is 0 Å². The smallest absolute Gasteiger partial charge is 0.0294 e. The minimum Gasteiger partial charge on any atom is -0.126 e. The van der Waals surface area contributed by atoms with Crippen LogP contribution in [0.3, 0.4) is 0 Å². The summed E-state index contributed by atoms with van der Waals surface area (Å²) in [5.41, 5.74) is 0.0882. The van der Waals surface area contributed by atoms with Crippen LogP contribution in [0.4, 0.5) is 0 Å². The Kier molecular flexibility index (Phi) is 5.20. The van der Waals surface area contributed by atoms with Gasteiger partial charge in [-0.1, -0.05) is 13.0 Å². The van der Waals surface area contributed by atoms with Crippen LogP contribution in [0.1, 0.15) is 19.8 Å². The lowest BCUT2D eigenvalue weighted by Crippen LogP contribution is -2.23. The Morgan fingerprint density at radius 3 is 2.00 bits per heavy atom. The quantitative estimate of drug-likeness (QED) is 0.450. The molecular weight excluding hydrogens is 167 g/mol. The van der Waals surface area contributed by atoms with Gasteiger partial charge < -0.3 is 0 Å². The van der Waals surface area contributed by atoms with Crippen molar-refractivity contribution in [3.8, 4) is 0 Å². The molecule has 0 saturated heterocycles. The number of halogens is 2. The van der Waals surface area contributed by atoms with Crippen molar-refractivity contribution in [2.45, 2.75) is 19.8 Å². The monoisotopic (exact) mass is 180 g/mol. The second-order valence-corrected chi connectivity index (χ2v) is 3.15. The fourth-order valence-corrected chi connectivity index (χ4v) is 1.67. The minimum absolute atomic E-state index is 0.0882. The van der Waals surface area contributed by atoms with Gasteiger partial charge in [-0.2, -0.15) is 0 Å². The molecule has 60 valence electrons. The van der Waals surface area contributed by atoms with E-state index in [-0.39, 0.29) is 5.41 Å². The molecule has 0 nitrogen and oxygen atoms in total. The van der Waals surface area contributed by atoms with E-state index in [1.807, 2.05) is 6.08 Å². The van der Waals surface area contributed by atoms with Gasteiger partial charge in [-0.25, -0.2) is 0 Å². The summed E-state index contributed by atoms with van der Waals surface area (Å²) in [7, 11) is 0. The molecule has 0 rings (SSSR count). The molecule has 0 N–H and O–H groups in total. The predicted molar refractivity (Wildman–Crippen MR) is 49.0 cm³/mol. The number of hydrogen-bond acceptors (Lipinski definition) is 0. The number of hydrogen-bond donors (Lipinski definition) is 0. The molecule has 0 aromatic heterocycles. The SMILES string of the molecule is C=CCC(CC)(CCl)CCl. The van der Waals surface area contributed by atoms with E-state index in [9.17, 15) is 0 Å². The lowest BCUT2D eigenvalue weighted by Gasteiger charge is -2.25. The average Bonchev–Trinajstić information content (AvgIpc) is 2.01. The van der Waals surface area contributed by atoms with Crippen molar-refractivity contribution in [1.82, 2.24) is 0 Å². The summed E-state index contributed by atoms with van der Waals surface area (Å²) in [6.45, 7) is 5.78. The highest BCUT2D eigenvalue weighted by Gasteiger charge is 2.23. The van der Waals surface area contributed by atoms with Crippen molar-refractivity contribution in [1.29, 1.82) is 0 Å². The van der Waals surface area contributed by atoms with Gasteiger partial charge in [0.2, 0.25) is 0 Å². The molecule has 0 aromatic rings. The van der Waals surface area contributed by atoms with Gasteiger partial charge in [0.15, 0.2) is 0 Å². The van der Waals surface area contributed by atoms with Crippen molar-refractivity contribution in [2.24, 2.45) is 5.41 Å². The normalized spacial score (nSPS) is 11.5. The molecule has 0 atom stereocenters. The Hall–Kier alpha value is 0.320. The predicted octanol–water partition coefficient (Wildman–Crippen LogP) is 3.44. The van der Waals surface area contributed by atoms with Gasteiger partial charge in [-0.05, 0) is 12.8 Å². The molecule has 0 aromatic carbocycles. The summed E-state index contributed by atoms with van der Waals surface area (Å²) < 4.78 is 0. The molecule has 0 saturated carbocycles. The van der Waals surface area contributed by atoms with E-state index in [4.69, 9.17) is 23.2 Å². The van der Waals surface area contributed by atoms with Gasteiger partial charge in [0.05, 0.1) is 0 Å². The molecule has 10 heavy (non-hydrogen) atoms. The Bertz CT molecular complexity index is 87.2. The maximum atomic E-state index is 5.77. The first-order valence-electron chi connectivity index (χ1n) is 3.47. The second-order valence-electron chi connectivity index (χ2n) is 2.61. The molecule has 0 radical (unpaired) electrons. The molecule has 0 heterocycles. The third kappa shape index (κ3) is 2.51. The maximum absolute atomic E-state index is 5.77. The van der Waals surface area contributed by atoms with E-state index in [0.717, 1.165) is 12.8 Å². The van der Waals surface area contributed by atoms with Crippen LogP contribution in [0.15, 0.2) is 12.7 Å². The van der Waals surface area contributed by atoms with Crippen molar-refractivity contribution in [3.05, 3.63) is 12.7 Å². The van der Waals surface area contributed by atoms with E-state index in [2.05, 4.69) is 13.5 Å². The zero-order chi connectivity index (χ0) is 8.04. The summed E-state index contributed by atoms with van der Waals surface area (Å²) >= 11 is 11.5. The molecule has 0 aliphatic rings. The maximum Gasteiger partial charge on any atom is 0.0294 e. The summed E-state index contributed by atoms with van der Waals surface area (Å²) in [6, 6.07) is 0. The van der Waals surface area contributed by atoms with Gasteiger partial charge >= 0.3 is 0 Å². The van der Waals surface area contributed by atoms with Crippen LogP contribution in [-0.2, 0) is 0 Å². The van der Waals surface area contributed by atoms with Crippen LogP contribution in [0.5, 0.6) is 0 Å². The highest BCUT2D eigenvalue weighted by molar-refractivity contribution is 6.21. The van der Waals surface area contributed by atoms with Crippen molar-refractivity contribution >= 4 is 23.2 Å². The zero-order valence-electron chi connectivity index (χ0n) is 6.37. The second kappa shape index (κ2) is 5.03. The Morgan fingerprint density at radius 2 is 1.90 bits per heavy atom. The summed E-state index contributed by atoms with van der Waals surface area (Å²) in [4.78, 5) is 0. The van der Waals surface area contributed by atoms with E-state index < -0.39 is 0 Å². The topological polar surface area (TPSA) is 0 Å². The van der Waals surface area contributed by atoms with E-state index >= 15 is 0 Å². The summed E-state index contributed by atoms with van der Waals surface area (Å²) in [5, 5.41) is 0. The molecule has 0 unspecified atom stereocenters. The molecule has 0 aliphatic carbocycles. The highest BCUT2D eigenvalue weighted by Crippen LogP contribution is 2.29. The van der Waals surface area contributed by atoms with Crippen LogP contribution < -0.4 is 0 Å². The van der Waals surface area contributed by atoms with E-state index in [0.29, 0.717) is 11.8 Å². The van der Waals surface area contributed by atoms with Crippen molar-refractivity contribution in [2.75, 3.05) is 11.8 Å². The third-order valence-electron chi connectivity index (χ3n) is 1.89. The largest absolute Gasteiger partial charge is 0.126 e. The van der Waals surface area contributed by atoms with Gasteiger partial charge in [0.25, 0.3) is 0 Å². The Labute approximate surface area is 73.2 Å². The van der Waals surface area contributed by atoms with Gasteiger partial charge in [0, 0.05) is 17.2 Å². The van der Waals surface area contributed by atoms with Crippen LogP contribution in [0.2, 0.25) is 0 Å². The highest BCUT2D eigenvalue weighted by atomic mass is 35.5.